The third kappa shape index (κ3) is 2.79. The fourth-order valence-corrected chi connectivity index (χ4v) is 1.50. The third-order valence-corrected chi connectivity index (χ3v) is 2.56. The first-order valence-corrected chi connectivity index (χ1v) is 5.10. The van der Waals surface area contributed by atoms with Crippen molar-refractivity contribution in [2.45, 2.75) is 20.3 Å². The standard InChI is InChI=1S/C13H15NO2/c1-4-11(5-2)9-12-6-7-13(14(15)16)8-10(12)3/h4-8H,1,9H2,2-3H3/b11-5+. The lowest BCUT2D eigenvalue weighted by molar-refractivity contribution is -0.384. The van der Waals surface area contributed by atoms with E-state index in [9.17, 15) is 10.1 Å². The Morgan fingerprint density at radius 2 is 2.25 bits per heavy atom. The lowest BCUT2D eigenvalue weighted by Crippen LogP contribution is -1.94. The van der Waals surface area contributed by atoms with Crippen molar-refractivity contribution in [3.8, 4) is 0 Å². The molecule has 0 fully saturated rings. The van der Waals surface area contributed by atoms with E-state index in [1.807, 2.05) is 19.9 Å². The number of rotatable bonds is 4. The molecule has 0 atom stereocenters. The zero-order chi connectivity index (χ0) is 12.1. The van der Waals surface area contributed by atoms with E-state index in [0.29, 0.717) is 0 Å². The molecule has 0 aliphatic heterocycles. The van der Waals surface area contributed by atoms with E-state index in [0.717, 1.165) is 23.1 Å². The first kappa shape index (κ1) is 12.2. The molecule has 0 spiro atoms. The summed E-state index contributed by atoms with van der Waals surface area (Å²) in [5.41, 5.74) is 3.30. The minimum absolute atomic E-state index is 0.141. The van der Waals surface area contributed by atoms with E-state index in [4.69, 9.17) is 0 Å². The third-order valence-electron chi connectivity index (χ3n) is 2.56. The van der Waals surface area contributed by atoms with Crippen molar-refractivity contribution >= 4 is 5.69 Å². The summed E-state index contributed by atoms with van der Waals surface area (Å²) in [6.07, 6.45) is 4.57. The number of allylic oxidation sites excluding steroid dienone is 3. The van der Waals surface area contributed by atoms with E-state index in [2.05, 4.69) is 6.58 Å². The van der Waals surface area contributed by atoms with Crippen LogP contribution in [0.5, 0.6) is 0 Å². The average molecular weight is 217 g/mol. The Balaban J connectivity index is 3.00. The van der Waals surface area contributed by atoms with Crippen LogP contribution in [-0.4, -0.2) is 4.92 Å². The monoisotopic (exact) mass is 217 g/mol. The lowest BCUT2D eigenvalue weighted by Gasteiger charge is -2.06. The predicted octanol–water partition coefficient (Wildman–Crippen LogP) is 3.58. The van der Waals surface area contributed by atoms with E-state index >= 15 is 0 Å². The van der Waals surface area contributed by atoms with Crippen molar-refractivity contribution in [1.82, 2.24) is 0 Å². The predicted molar refractivity (Wildman–Crippen MR) is 65.5 cm³/mol. The minimum atomic E-state index is -0.374. The Morgan fingerprint density at radius 1 is 1.56 bits per heavy atom. The fourth-order valence-electron chi connectivity index (χ4n) is 1.50. The van der Waals surface area contributed by atoms with Gasteiger partial charge in [-0.05, 0) is 37.0 Å². The Labute approximate surface area is 95.3 Å². The van der Waals surface area contributed by atoms with Crippen LogP contribution in [0.15, 0.2) is 42.5 Å². The van der Waals surface area contributed by atoms with Crippen LogP contribution < -0.4 is 0 Å². The number of hydrogen-bond acceptors (Lipinski definition) is 2. The van der Waals surface area contributed by atoms with Gasteiger partial charge in [0.15, 0.2) is 0 Å². The lowest BCUT2D eigenvalue weighted by atomic mass is 10.00. The Hall–Kier alpha value is -1.90. The average Bonchev–Trinajstić information content (AvgIpc) is 2.27. The molecule has 0 aliphatic carbocycles. The highest BCUT2D eigenvalue weighted by molar-refractivity contribution is 5.41. The first-order valence-electron chi connectivity index (χ1n) is 5.10. The zero-order valence-corrected chi connectivity index (χ0v) is 9.56. The van der Waals surface area contributed by atoms with E-state index < -0.39 is 0 Å². The second-order valence-corrected chi connectivity index (χ2v) is 3.61. The topological polar surface area (TPSA) is 43.1 Å². The summed E-state index contributed by atoms with van der Waals surface area (Å²) >= 11 is 0. The molecular formula is C13H15NO2. The molecule has 0 aromatic heterocycles. The number of hydrogen-bond donors (Lipinski definition) is 0. The molecule has 0 bridgehead atoms. The van der Waals surface area contributed by atoms with Gasteiger partial charge in [0.2, 0.25) is 0 Å². The number of non-ortho nitro benzene ring substituents is 1. The first-order chi connectivity index (χ1) is 7.58. The smallest absolute Gasteiger partial charge is 0.258 e. The van der Waals surface area contributed by atoms with Crippen molar-refractivity contribution in [3.05, 3.63) is 63.7 Å². The second kappa shape index (κ2) is 5.26. The SMILES string of the molecule is C=C/C(=C\C)Cc1ccc([N+](=O)[O-])cc1C. The van der Waals surface area contributed by atoms with Crippen molar-refractivity contribution < 1.29 is 4.92 Å². The largest absolute Gasteiger partial charge is 0.269 e. The van der Waals surface area contributed by atoms with Crippen LogP contribution in [0.3, 0.4) is 0 Å². The maximum Gasteiger partial charge on any atom is 0.269 e. The molecule has 0 N–H and O–H groups in total. The molecule has 0 saturated carbocycles. The number of nitro groups is 1. The molecule has 0 unspecified atom stereocenters. The van der Waals surface area contributed by atoms with Crippen molar-refractivity contribution in [3.63, 3.8) is 0 Å². The molecule has 0 radical (unpaired) electrons. The molecule has 84 valence electrons. The number of aryl methyl sites for hydroxylation is 1. The van der Waals surface area contributed by atoms with E-state index in [-0.39, 0.29) is 10.6 Å². The van der Waals surface area contributed by atoms with Crippen molar-refractivity contribution in [1.29, 1.82) is 0 Å². The Morgan fingerprint density at radius 3 is 2.69 bits per heavy atom. The number of benzene rings is 1. The molecular weight excluding hydrogens is 202 g/mol. The van der Waals surface area contributed by atoms with Crippen LogP contribution in [-0.2, 0) is 6.42 Å². The summed E-state index contributed by atoms with van der Waals surface area (Å²) in [6.45, 7) is 7.57. The van der Waals surface area contributed by atoms with Gasteiger partial charge in [0.05, 0.1) is 4.92 Å². The summed E-state index contributed by atoms with van der Waals surface area (Å²) in [6, 6.07) is 4.95. The molecule has 1 aromatic rings. The summed E-state index contributed by atoms with van der Waals surface area (Å²) in [7, 11) is 0. The van der Waals surface area contributed by atoms with Crippen LogP contribution in [0.25, 0.3) is 0 Å². The summed E-state index contributed by atoms with van der Waals surface area (Å²) in [5, 5.41) is 10.6. The summed E-state index contributed by atoms with van der Waals surface area (Å²) in [4.78, 5) is 10.2. The van der Waals surface area contributed by atoms with Crippen LogP contribution in [0, 0.1) is 17.0 Å². The van der Waals surface area contributed by atoms with Gasteiger partial charge < -0.3 is 0 Å². The minimum Gasteiger partial charge on any atom is -0.258 e. The van der Waals surface area contributed by atoms with Crippen LogP contribution >= 0.6 is 0 Å². The molecule has 0 amide bonds. The normalized spacial score (nSPS) is 11.2. The van der Waals surface area contributed by atoms with Crippen molar-refractivity contribution in [2.24, 2.45) is 0 Å². The fraction of sp³-hybridized carbons (Fsp3) is 0.231. The molecule has 3 heteroatoms. The van der Waals surface area contributed by atoms with E-state index in [1.54, 1.807) is 24.3 Å². The van der Waals surface area contributed by atoms with Gasteiger partial charge in [-0.2, -0.15) is 0 Å². The Kier molecular flexibility index (Phi) is 4.00. The van der Waals surface area contributed by atoms with Gasteiger partial charge in [0.1, 0.15) is 0 Å². The quantitative estimate of drug-likeness (QED) is 0.439. The van der Waals surface area contributed by atoms with Crippen LogP contribution in [0.2, 0.25) is 0 Å². The van der Waals surface area contributed by atoms with Gasteiger partial charge in [-0.25, -0.2) is 0 Å². The zero-order valence-electron chi connectivity index (χ0n) is 9.56. The van der Waals surface area contributed by atoms with Gasteiger partial charge in [-0.3, -0.25) is 10.1 Å². The second-order valence-electron chi connectivity index (χ2n) is 3.61. The van der Waals surface area contributed by atoms with Gasteiger partial charge in [0.25, 0.3) is 5.69 Å². The highest BCUT2D eigenvalue weighted by Crippen LogP contribution is 2.19. The van der Waals surface area contributed by atoms with Gasteiger partial charge >= 0.3 is 0 Å². The molecule has 1 aromatic carbocycles. The molecule has 16 heavy (non-hydrogen) atoms. The molecule has 3 nitrogen and oxygen atoms in total. The number of nitro benzene ring substituents is 1. The maximum atomic E-state index is 10.6. The Bertz CT molecular complexity index is 447. The molecule has 0 heterocycles. The highest BCUT2D eigenvalue weighted by Gasteiger charge is 2.08. The van der Waals surface area contributed by atoms with Crippen LogP contribution in [0.1, 0.15) is 18.1 Å². The van der Waals surface area contributed by atoms with Gasteiger partial charge in [-0.15, -0.1) is 0 Å². The van der Waals surface area contributed by atoms with Crippen molar-refractivity contribution in [2.75, 3.05) is 0 Å². The summed E-state index contributed by atoms with van der Waals surface area (Å²) in [5.74, 6) is 0. The molecule has 0 aliphatic rings. The maximum absolute atomic E-state index is 10.6. The molecule has 0 saturated heterocycles. The van der Waals surface area contributed by atoms with E-state index in [1.165, 1.54) is 0 Å². The summed E-state index contributed by atoms with van der Waals surface area (Å²) < 4.78 is 0. The van der Waals surface area contributed by atoms with Gasteiger partial charge in [0, 0.05) is 12.1 Å². The van der Waals surface area contributed by atoms with Crippen LogP contribution in [0.4, 0.5) is 5.69 Å². The number of nitrogens with zero attached hydrogens (tertiary/aromatic N) is 1. The highest BCUT2D eigenvalue weighted by atomic mass is 16.6. The molecule has 1 rings (SSSR count). The van der Waals surface area contributed by atoms with Gasteiger partial charge in [-0.1, -0.05) is 24.8 Å².